The van der Waals surface area contributed by atoms with E-state index in [1.165, 1.54) is 0 Å². The molecular weight excluding hydrogens is 270 g/mol. The van der Waals surface area contributed by atoms with Gasteiger partial charge in [-0.2, -0.15) is 0 Å². The number of pyridine rings is 2. The lowest BCUT2D eigenvalue weighted by Crippen LogP contribution is -2.13. The monoisotopic (exact) mass is 287 g/mol. The van der Waals surface area contributed by atoms with Gasteiger partial charge in [-0.05, 0) is 42.3 Å². The molecule has 21 heavy (non-hydrogen) atoms. The summed E-state index contributed by atoms with van der Waals surface area (Å²) in [6.45, 7) is 1.65. The number of amides is 1. The highest BCUT2D eigenvalue weighted by Crippen LogP contribution is 2.12. The highest BCUT2D eigenvalue weighted by Gasteiger charge is 2.11. The Labute approximate surface area is 122 Å². The summed E-state index contributed by atoms with van der Waals surface area (Å²) in [5.41, 5.74) is 6.65. The highest BCUT2D eigenvalue weighted by atomic mass is 16.4. The van der Waals surface area contributed by atoms with Crippen LogP contribution in [-0.4, -0.2) is 27.0 Å². The van der Waals surface area contributed by atoms with E-state index in [2.05, 4.69) is 9.97 Å². The maximum absolute atomic E-state index is 10.5. The lowest BCUT2D eigenvalue weighted by molar-refractivity contribution is -0.138. The first-order valence-electron chi connectivity index (χ1n) is 6.30. The first kappa shape index (κ1) is 16.3. The summed E-state index contributed by atoms with van der Waals surface area (Å²) in [5, 5.41) is 8.62. The number of carboxylic acid groups (broad SMARTS) is 1. The van der Waals surface area contributed by atoms with Crippen molar-refractivity contribution < 1.29 is 14.7 Å². The topological polar surface area (TPSA) is 106 Å². The number of carbonyl (C=O) groups is 2. The number of rotatable bonds is 4. The number of nitrogens with two attached hydrogens (primary N) is 1. The fourth-order valence-electron chi connectivity index (χ4n) is 1.50. The molecule has 1 amide bonds. The van der Waals surface area contributed by atoms with Gasteiger partial charge in [-0.3, -0.25) is 19.6 Å². The average Bonchev–Trinajstić information content (AvgIpc) is 2.48. The number of nitrogens with zero attached hydrogens (tertiary/aromatic N) is 2. The molecule has 0 aromatic carbocycles. The number of primary amides is 1. The summed E-state index contributed by atoms with van der Waals surface area (Å²) < 4.78 is 0. The summed E-state index contributed by atoms with van der Waals surface area (Å²) in [4.78, 5) is 28.4. The lowest BCUT2D eigenvalue weighted by atomic mass is 10.0. The number of carboxylic acids is 1. The van der Waals surface area contributed by atoms with Crippen LogP contribution in [0.3, 0.4) is 0 Å². The van der Waals surface area contributed by atoms with Crippen molar-refractivity contribution >= 4 is 11.9 Å². The van der Waals surface area contributed by atoms with Gasteiger partial charge in [0.1, 0.15) is 0 Å². The molecule has 0 saturated heterocycles. The second-order valence-corrected chi connectivity index (χ2v) is 4.34. The van der Waals surface area contributed by atoms with Crippen LogP contribution in [0, 0.1) is 0 Å². The summed E-state index contributed by atoms with van der Waals surface area (Å²) in [6, 6.07) is 6.95. The molecule has 2 heterocycles. The Bertz CT molecular complexity index is 573. The minimum atomic E-state index is -0.809. The smallest absolute Gasteiger partial charge is 0.310 e. The maximum Gasteiger partial charge on any atom is 0.310 e. The first-order valence-corrected chi connectivity index (χ1v) is 6.30. The normalized spacial score (nSPS) is 10.9. The molecule has 0 aliphatic carbocycles. The predicted octanol–water partition coefficient (Wildman–Crippen LogP) is 1.38. The SMILES string of the molecule is CC(C(=O)O)c1ccncc1.NC(=O)Cc1ccncc1. The summed E-state index contributed by atoms with van der Waals surface area (Å²) >= 11 is 0. The number of hydrogen-bond donors (Lipinski definition) is 2. The van der Waals surface area contributed by atoms with Crippen LogP contribution in [0.15, 0.2) is 49.1 Å². The zero-order valence-electron chi connectivity index (χ0n) is 11.6. The van der Waals surface area contributed by atoms with Gasteiger partial charge in [-0.15, -0.1) is 0 Å². The van der Waals surface area contributed by atoms with Crippen LogP contribution in [0.25, 0.3) is 0 Å². The second-order valence-electron chi connectivity index (χ2n) is 4.34. The fraction of sp³-hybridized carbons (Fsp3) is 0.200. The third-order valence-corrected chi connectivity index (χ3v) is 2.70. The maximum atomic E-state index is 10.5. The first-order chi connectivity index (χ1) is 10.0. The van der Waals surface area contributed by atoms with E-state index in [-0.39, 0.29) is 5.91 Å². The molecule has 0 bridgehead atoms. The van der Waals surface area contributed by atoms with E-state index in [4.69, 9.17) is 10.8 Å². The van der Waals surface area contributed by atoms with Crippen LogP contribution >= 0.6 is 0 Å². The standard InChI is InChI=1S/C8H9NO2.C7H8N2O/c1-6(8(10)11)7-2-4-9-5-3-7;8-7(10)5-6-1-3-9-4-2-6/h2-6H,1H3,(H,10,11);1-4H,5H2,(H2,8,10). The van der Waals surface area contributed by atoms with Crippen molar-refractivity contribution in [3.05, 3.63) is 60.2 Å². The van der Waals surface area contributed by atoms with Crippen LogP contribution < -0.4 is 5.73 Å². The number of carbonyl (C=O) groups excluding carboxylic acids is 1. The van der Waals surface area contributed by atoms with E-state index >= 15 is 0 Å². The van der Waals surface area contributed by atoms with Crippen LogP contribution in [0.2, 0.25) is 0 Å². The molecule has 2 rings (SSSR count). The van der Waals surface area contributed by atoms with Gasteiger partial charge in [0, 0.05) is 24.8 Å². The molecule has 6 heteroatoms. The van der Waals surface area contributed by atoms with Crippen molar-refractivity contribution in [1.29, 1.82) is 0 Å². The lowest BCUT2D eigenvalue weighted by Gasteiger charge is -2.03. The summed E-state index contributed by atoms with van der Waals surface area (Å²) in [5.74, 6) is -1.57. The molecule has 0 spiro atoms. The Morgan fingerprint density at radius 2 is 1.57 bits per heavy atom. The molecule has 110 valence electrons. The van der Waals surface area contributed by atoms with Crippen LogP contribution in [0.4, 0.5) is 0 Å². The van der Waals surface area contributed by atoms with Crippen molar-refractivity contribution in [2.75, 3.05) is 0 Å². The number of hydrogen-bond acceptors (Lipinski definition) is 4. The number of aliphatic carboxylic acids is 1. The average molecular weight is 287 g/mol. The molecule has 1 atom stereocenters. The van der Waals surface area contributed by atoms with Gasteiger partial charge in [0.2, 0.25) is 5.91 Å². The molecule has 0 aliphatic heterocycles. The van der Waals surface area contributed by atoms with E-state index in [0.29, 0.717) is 6.42 Å². The Kier molecular flexibility index (Phi) is 6.53. The largest absolute Gasteiger partial charge is 0.481 e. The Morgan fingerprint density at radius 3 is 2.00 bits per heavy atom. The molecular formula is C15H17N3O3. The minimum absolute atomic E-state index is 0.294. The third kappa shape index (κ3) is 6.29. The van der Waals surface area contributed by atoms with Gasteiger partial charge < -0.3 is 10.8 Å². The van der Waals surface area contributed by atoms with Gasteiger partial charge in [-0.25, -0.2) is 0 Å². The van der Waals surface area contributed by atoms with Crippen LogP contribution in [0.1, 0.15) is 24.0 Å². The van der Waals surface area contributed by atoms with E-state index in [1.807, 2.05) is 0 Å². The van der Waals surface area contributed by atoms with Crippen molar-refractivity contribution in [1.82, 2.24) is 9.97 Å². The van der Waals surface area contributed by atoms with Gasteiger partial charge in [-0.1, -0.05) is 0 Å². The van der Waals surface area contributed by atoms with E-state index < -0.39 is 11.9 Å². The van der Waals surface area contributed by atoms with Crippen molar-refractivity contribution in [3.63, 3.8) is 0 Å². The van der Waals surface area contributed by atoms with E-state index in [0.717, 1.165) is 11.1 Å². The van der Waals surface area contributed by atoms with Gasteiger partial charge >= 0.3 is 5.97 Å². The van der Waals surface area contributed by atoms with E-state index in [9.17, 15) is 9.59 Å². The number of aromatic nitrogens is 2. The van der Waals surface area contributed by atoms with Crippen molar-refractivity contribution in [2.45, 2.75) is 19.3 Å². The molecule has 0 fully saturated rings. The van der Waals surface area contributed by atoms with Crippen LogP contribution in [-0.2, 0) is 16.0 Å². The Balaban J connectivity index is 0.000000211. The molecule has 0 radical (unpaired) electrons. The van der Waals surface area contributed by atoms with Gasteiger partial charge in [0.05, 0.1) is 12.3 Å². The van der Waals surface area contributed by atoms with Gasteiger partial charge in [0.25, 0.3) is 0 Å². The second kappa shape index (κ2) is 8.42. The third-order valence-electron chi connectivity index (χ3n) is 2.70. The highest BCUT2D eigenvalue weighted by molar-refractivity contribution is 5.76. The summed E-state index contributed by atoms with van der Waals surface area (Å²) in [7, 11) is 0. The quantitative estimate of drug-likeness (QED) is 0.883. The molecule has 3 N–H and O–H groups in total. The van der Waals surface area contributed by atoms with Gasteiger partial charge in [0.15, 0.2) is 0 Å². The Morgan fingerprint density at radius 1 is 1.10 bits per heavy atom. The molecule has 6 nitrogen and oxygen atoms in total. The van der Waals surface area contributed by atoms with E-state index in [1.54, 1.807) is 56.0 Å². The minimum Gasteiger partial charge on any atom is -0.481 e. The molecule has 2 aromatic rings. The molecule has 2 aromatic heterocycles. The molecule has 0 aliphatic rings. The fourth-order valence-corrected chi connectivity index (χ4v) is 1.50. The van der Waals surface area contributed by atoms with Crippen LogP contribution in [0.5, 0.6) is 0 Å². The summed E-state index contributed by atoms with van der Waals surface area (Å²) in [6.07, 6.45) is 6.75. The van der Waals surface area contributed by atoms with Crippen molar-refractivity contribution in [3.8, 4) is 0 Å². The Hall–Kier alpha value is -2.76. The predicted molar refractivity (Wildman–Crippen MR) is 77.4 cm³/mol. The van der Waals surface area contributed by atoms with Crippen molar-refractivity contribution in [2.24, 2.45) is 5.73 Å². The molecule has 0 saturated carbocycles. The zero-order chi connectivity index (χ0) is 15.7. The zero-order valence-corrected chi connectivity index (χ0v) is 11.6. The molecule has 1 unspecified atom stereocenters.